The van der Waals surface area contributed by atoms with Crippen LogP contribution in [0.1, 0.15) is 42.9 Å². The average Bonchev–Trinajstić information content (AvgIpc) is 2.93. The number of esters is 1. The molecular weight excluding hydrogens is 268 g/mol. The number of hydrogen-bond donors (Lipinski definition) is 1. The molecule has 0 spiro atoms. The molecule has 5 nitrogen and oxygen atoms in total. The van der Waals surface area contributed by atoms with Gasteiger partial charge in [-0.25, -0.2) is 9.78 Å². The number of phenolic OH excluding ortho intramolecular Hbond substituents is 1. The van der Waals surface area contributed by atoms with E-state index >= 15 is 0 Å². The predicted octanol–water partition coefficient (Wildman–Crippen LogP) is 3.01. The van der Waals surface area contributed by atoms with Gasteiger partial charge in [0.15, 0.2) is 0 Å². The van der Waals surface area contributed by atoms with Crippen LogP contribution < -0.4 is 0 Å². The fourth-order valence-electron chi connectivity index (χ4n) is 2.03. The third kappa shape index (κ3) is 3.62. The molecule has 0 aliphatic heterocycles. The summed E-state index contributed by atoms with van der Waals surface area (Å²) in [7, 11) is 0. The molecule has 0 aliphatic carbocycles. The first-order chi connectivity index (χ1) is 9.99. The molecule has 0 fully saturated rings. The van der Waals surface area contributed by atoms with Crippen molar-refractivity contribution in [2.45, 2.75) is 26.8 Å². The number of rotatable bonds is 5. The fraction of sp³-hybridized carbons (Fsp3) is 0.375. The van der Waals surface area contributed by atoms with Crippen molar-refractivity contribution in [2.75, 3.05) is 6.61 Å². The molecule has 2 rings (SSSR count). The molecular formula is C16H20N2O3. The number of aromatic hydroxyl groups is 1. The number of hydrogen-bond acceptors (Lipinski definition) is 4. The van der Waals surface area contributed by atoms with Crippen molar-refractivity contribution in [1.82, 2.24) is 9.55 Å². The van der Waals surface area contributed by atoms with Crippen LogP contribution in [-0.4, -0.2) is 27.2 Å². The minimum Gasteiger partial charge on any atom is -0.508 e. The number of imidazole rings is 1. The van der Waals surface area contributed by atoms with Gasteiger partial charge >= 0.3 is 5.97 Å². The van der Waals surface area contributed by atoms with Crippen molar-refractivity contribution in [3.63, 3.8) is 0 Å². The highest BCUT2D eigenvalue weighted by Gasteiger charge is 2.18. The summed E-state index contributed by atoms with van der Waals surface area (Å²) in [6.45, 7) is 6.29. The zero-order valence-corrected chi connectivity index (χ0v) is 12.5. The molecule has 0 radical (unpaired) electrons. The van der Waals surface area contributed by atoms with Crippen LogP contribution in [0.3, 0.4) is 0 Å². The van der Waals surface area contributed by atoms with Crippen LogP contribution in [0.25, 0.3) is 0 Å². The van der Waals surface area contributed by atoms with Crippen LogP contribution in [0.2, 0.25) is 0 Å². The maximum absolute atomic E-state index is 12.1. The third-order valence-electron chi connectivity index (χ3n) is 3.19. The number of nitrogens with zero attached hydrogens (tertiary/aromatic N) is 2. The van der Waals surface area contributed by atoms with E-state index in [1.165, 1.54) is 6.20 Å². The second-order valence-corrected chi connectivity index (χ2v) is 5.45. The van der Waals surface area contributed by atoms with Crippen LogP contribution in [0.15, 0.2) is 36.8 Å². The molecule has 2 aromatic rings. The molecule has 5 heteroatoms. The van der Waals surface area contributed by atoms with Crippen molar-refractivity contribution < 1.29 is 14.6 Å². The zero-order chi connectivity index (χ0) is 15.4. The number of benzene rings is 1. The Kier molecular flexibility index (Phi) is 4.62. The van der Waals surface area contributed by atoms with Gasteiger partial charge in [0.25, 0.3) is 0 Å². The number of aromatic nitrogens is 2. The smallest absolute Gasteiger partial charge is 0.356 e. The van der Waals surface area contributed by atoms with Gasteiger partial charge in [-0.15, -0.1) is 0 Å². The number of carbonyl (C=O) groups excluding carboxylic acids is 1. The molecule has 1 heterocycles. The van der Waals surface area contributed by atoms with E-state index in [0.29, 0.717) is 12.3 Å². The number of phenols is 1. The summed E-state index contributed by atoms with van der Waals surface area (Å²) < 4.78 is 7.00. The Labute approximate surface area is 124 Å². The maximum Gasteiger partial charge on any atom is 0.356 e. The van der Waals surface area contributed by atoms with E-state index in [4.69, 9.17) is 4.74 Å². The second kappa shape index (κ2) is 6.43. The summed E-state index contributed by atoms with van der Waals surface area (Å²) in [5.41, 5.74) is 1.30. The van der Waals surface area contributed by atoms with Crippen LogP contribution in [0.4, 0.5) is 0 Å². The summed E-state index contributed by atoms with van der Waals surface area (Å²) in [4.78, 5) is 16.1. The topological polar surface area (TPSA) is 64.3 Å². The Balaban J connectivity index is 2.21. The molecule has 21 heavy (non-hydrogen) atoms. The van der Waals surface area contributed by atoms with Crippen molar-refractivity contribution in [3.8, 4) is 5.75 Å². The monoisotopic (exact) mass is 288 g/mol. The van der Waals surface area contributed by atoms with Crippen LogP contribution in [0.5, 0.6) is 5.75 Å². The first-order valence-electron chi connectivity index (χ1n) is 6.97. The van der Waals surface area contributed by atoms with Crippen molar-refractivity contribution in [1.29, 1.82) is 0 Å². The van der Waals surface area contributed by atoms with Crippen LogP contribution in [0, 0.1) is 5.92 Å². The maximum atomic E-state index is 12.1. The largest absolute Gasteiger partial charge is 0.508 e. The standard InChI is InChI=1S/C16H20N2O3/c1-11(2)9-21-16(20)15-8-17-10-18(15)12(3)13-5-4-6-14(19)7-13/h4-8,10-12,19H,9H2,1-3H3. The van der Waals surface area contributed by atoms with Gasteiger partial charge in [0.1, 0.15) is 11.4 Å². The van der Waals surface area contributed by atoms with Gasteiger partial charge in [-0.3, -0.25) is 0 Å². The molecule has 112 valence electrons. The highest BCUT2D eigenvalue weighted by atomic mass is 16.5. The first-order valence-corrected chi connectivity index (χ1v) is 6.97. The van der Waals surface area contributed by atoms with Crippen molar-refractivity contribution >= 4 is 5.97 Å². The Morgan fingerprint density at radius 2 is 2.14 bits per heavy atom. The Morgan fingerprint density at radius 1 is 1.38 bits per heavy atom. The van der Waals surface area contributed by atoms with E-state index in [-0.39, 0.29) is 23.7 Å². The minimum absolute atomic E-state index is 0.124. The lowest BCUT2D eigenvalue weighted by atomic mass is 10.1. The molecule has 1 N–H and O–H groups in total. The summed E-state index contributed by atoms with van der Waals surface area (Å²) >= 11 is 0. The summed E-state index contributed by atoms with van der Waals surface area (Å²) in [6.07, 6.45) is 3.10. The van der Waals surface area contributed by atoms with E-state index in [2.05, 4.69) is 4.98 Å². The van der Waals surface area contributed by atoms with Crippen molar-refractivity contribution in [2.24, 2.45) is 5.92 Å². The SMILES string of the molecule is CC(C)COC(=O)c1cncn1C(C)c1cccc(O)c1. The predicted molar refractivity (Wildman–Crippen MR) is 79.3 cm³/mol. The van der Waals surface area contributed by atoms with Gasteiger partial charge in [0, 0.05) is 0 Å². The quantitative estimate of drug-likeness (QED) is 0.859. The Bertz CT molecular complexity index is 619. The lowest BCUT2D eigenvalue weighted by Crippen LogP contribution is -2.17. The molecule has 0 saturated carbocycles. The van der Waals surface area contributed by atoms with Gasteiger partial charge in [-0.2, -0.15) is 0 Å². The Hall–Kier alpha value is -2.30. The third-order valence-corrected chi connectivity index (χ3v) is 3.19. The molecule has 1 unspecified atom stereocenters. The number of carbonyl (C=O) groups is 1. The van der Waals surface area contributed by atoms with Gasteiger partial charge in [-0.05, 0) is 30.5 Å². The van der Waals surface area contributed by atoms with Gasteiger partial charge < -0.3 is 14.4 Å². The highest BCUT2D eigenvalue weighted by molar-refractivity contribution is 5.87. The van der Waals surface area contributed by atoms with Crippen molar-refractivity contribution in [3.05, 3.63) is 48.0 Å². The molecule has 0 bridgehead atoms. The summed E-state index contributed by atoms with van der Waals surface area (Å²) in [5.74, 6) is 0.102. The van der Waals surface area contributed by atoms with Gasteiger partial charge in [0.05, 0.1) is 25.2 Å². The fourth-order valence-corrected chi connectivity index (χ4v) is 2.03. The van der Waals surface area contributed by atoms with Gasteiger partial charge in [0.2, 0.25) is 0 Å². The normalized spacial score (nSPS) is 12.4. The van der Waals surface area contributed by atoms with E-state index in [1.807, 2.05) is 26.8 Å². The lowest BCUT2D eigenvalue weighted by Gasteiger charge is -2.17. The average molecular weight is 288 g/mol. The van der Waals surface area contributed by atoms with Crippen LogP contribution >= 0.6 is 0 Å². The van der Waals surface area contributed by atoms with E-state index in [9.17, 15) is 9.90 Å². The molecule has 0 saturated heterocycles. The highest BCUT2D eigenvalue weighted by Crippen LogP contribution is 2.23. The minimum atomic E-state index is -0.381. The Morgan fingerprint density at radius 3 is 2.81 bits per heavy atom. The molecule has 0 aliphatic rings. The molecule has 0 amide bonds. The second-order valence-electron chi connectivity index (χ2n) is 5.45. The summed E-state index contributed by atoms with van der Waals surface area (Å²) in [5, 5.41) is 9.57. The lowest BCUT2D eigenvalue weighted by molar-refractivity contribution is 0.0445. The molecule has 1 aromatic heterocycles. The zero-order valence-electron chi connectivity index (χ0n) is 12.5. The van der Waals surface area contributed by atoms with E-state index in [0.717, 1.165) is 5.56 Å². The molecule has 1 atom stereocenters. The van der Waals surface area contributed by atoms with E-state index in [1.54, 1.807) is 29.1 Å². The first kappa shape index (κ1) is 15.1. The van der Waals surface area contributed by atoms with E-state index < -0.39 is 0 Å². The number of ether oxygens (including phenoxy) is 1. The van der Waals surface area contributed by atoms with Crippen LogP contribution in [-0.2, 0) is 4.74 Å². The summed E-state index contributed by atoms with van der Waals surface area (Å²) in [6, 6.07) is 6.83. The molecule has 1 aromatic carbocycles. The van der Waals surface area contributed by atoms with Gasteiger partial charge in [-0.1, -0.05) is 26.0 Å².